The first-order chi connectivity index (χ1) is 20.4. The molecule has 2 aromatic carbocycles. The Labute approximate surface area is 251 Å². The van der Waals surface area contributed by atoms with E-state index < -0.39 is 66.8 Å². The van der Waals surface area contributed by atoms with Gasteiger partial charge in [-0.2, -0.15) is 0 Å². The molecule has 0 aliphatic rings. The highest BCUT2D eigenvalue weighted by atomic mass is 16.2. The van der Waals surface area contributed by atoms with Gasteiger partial charge in [-0.15, -0.1) is 0 Å². The zero-order valence-corrected chi connectivity index (χ0v) is 24.9. The van der Waals surface area contributed by atoms with E-state index >= 15 is 0 Å². The van der Waals surface area contributed by atoms with E-state index in [4.69, 9.17) is 5.73 Å². The van der Waals surface area contributed by atoms with Crippen LogP contribution in [0, 0.1) is 0 Å². The van der Waals surface area contributed by atoms with Gasteiger partial charge >= 0.3 is 0 Å². The topological polar surface area (TPSA) is 192 Å². The summed E-state index contributed by atoms with van der Waals surface area (Å²) in [6, 6.07) is 15.1. The Bertz CT molecular complexity index is 1260. The number of amides is 6. The van der Waals surface area contributed by atoms with Crippen LogP contribution in [0.1, 0.15) is 25.0 Å². The van der Waals surface area contributed by atoms with Gasteiger partial charge in [-0.1, -0.05) is 60.7 Å². The summed E-state index contributed by atoms with van der Waals surface area (Å²) in [6.07, 6.45) is 0.651. The molecule has 6 amide bonds. The maximum absolute atomic E-state index is 12.7. The van der Waals surface area contributed by atoms with E-state index in [0.29, 0.717) is 6.42 Å². The first-order valence-electron chi connectivity index (χ1n) is 13.9. The van der Waals surface area contributed by atoms with E-state index in [1.54, 1.807) is 7.05 Å². The van der Waals surface area contributed by atoms with E-state index in [1.807, 2.05) is 60.7 Å². The predicted molar refractivity (Wildman–Crippen MR) is 160 cm³/mol. The van der Waals surface area contributed by atoms with E-state index in [9.17, 15) is 28.8 Å². The van der Waals surface area contributed by atoms with Crippen molar-refractivity contribution in [3.8, 4) is 0 Å². The molecule has 13 nitrogen and oxygen atoms in total. The molecule has 0 aliphatic heterocycles. The predicted octanol–water partition coefficient (Wildman–Crippen LogP) is -1.39. The fourth-order valence-corrected chi connectivity index (χ4v) is 4.08. The van der Waals surface area contributed by atoms with E-state index in [1.165, 1.54) is 25.8 Å². The van der Waals surface area contributed by atoms with Crippen LogP contribution < -0.4 is 32.3 Å². The van der Waals surface area contributed by atoms with Gasteiger partial charge in [0.25, 0.3) is 0 Å². The Hall–Kier alpha value is -4.78. The SMILES string of the molecule is CN[C@@H](Cc1ccccc1)C(=O)N[C@@H](C)C(=O)N[C@@H](C)C(=O)NCC(=O)NCC(=O)N(C)[C@@H](Cc1ccccc1)C(N)=O. The van der Waals surface area contributed by atoms with Crippen molar-refractivity contribution >= 4 is 35.4 Å². The molecule has 0 saturated carbocycles. The molecule has 0 aromatic heterocycles. The lowest BCUT2D eigenvalue weighted by atomic mass is 10.0. The summed E-state index contributed by atoms with van der Waals surface area (Å²) in [4.78, 5) is 75.6. The van der Waals surface area contributed by atoms with Crippen LogP contribution in [-0.2, 0) is 41.6 Å². The molecule has 43 heavy (non-hydrogen) atoms. The second-order valence-corrected chi connectivity index (χ2v) is 10.1. The maximum atomic E-state index is 12.7. The number of benzene rings is 2. The van der Waals surface area contributed by atoms with Crippen LogP contribution in [-0.4, -0.2) is 91.7 Å². The highest BCUT2D eigenvalue weighted by Gasteiger charge is 2.26. The largest absolute Gasteiger partial charge is 0.368 e. The van der Waals surface area contributed by atoms with Gasteiger partial charge in [0.1, 0.15) is 18.1 Å². The minimum atomic E-state index is -1.01. The second-order valence-electron chi connectivity index (χ2n) is 10.1. The second kappa shape index (κ2) is 17.2. The maximum Gasteiger partial charge on any atom is 0.242 e. The Balaban J connectivity index is 1.76. The fourth-order valence-electron chi connectivity index (χ4n) is 4.08. The van der Waals surface area contributed by atoms with Crippen LogP contribution in [0.15, 0.2) is 60.7 Å². The molecule has 232 valence electrons. The lowest BCUT2D eigenvalue weighted by molar-refractivity contribution is -0.138. The van der Waals surface area contributed by atoms with Crippen LogP contribution in [0.2, 0.25) is 0 Å². The summed E-state index contributed by atoms with van der Waals surface area (Å²) in [5, 5.41) is 12.8. The molecule has 0 bridgehead atoms. The van der Waals surface area contributed by atoms with Gasteiger partial charge < -0.3 is 37.2 Å². The third-order valence-electron chi connectivity index (χ3n) is 6.77. The number of carbonyl (C=O) groups is 6. The Morgan fingerprint density at radius 3 is 1.77 bits per heavy atom. The van der Waals surface area contributed by atoms with Gasteiger partial charge in [0.15, 0.2) is 0 Å². The summed E-state index contributed by atoms with van der Waals surface area (Å²) < 4.78 is 0. The minimum absolute atomic E-state index is 0.220. The van der Waals surface area contributed by atoms with Crippen molar-refractivity contribution in [3.63, 3.8) is 0 Å². The molecular formula is C30H41N7O6. The number of primary amides is 1. The minimum Gasteiger partial charge on any atom is -0.368 e. The molecule has 0 spiro atoms. The van der Waals surface area contributed by atoms with Gasteiger partial charge in [0.05, 0.1) is 19.1 Å². The van der Waals surface area contributed by atoms with Crippen LogP contribution in [0.3, 0.4) is 0 Å². The van der Waals surface area contributed by atoms with Crippen LogP contribution in [0.25, 0.3) is 0 Å². The van der Waals surface area contributed by atoms with E-state index in [0.717, 1.165) is 11.1 Å². The van der Waals surface area contributed by atoms with Gasteiger partial charge in [-0.3, -0.25) is 28.8 Å². The molecule has 0 aliphatic carbocycles. The summed E-state index contributed by atoms with van der Waals surface area (Å²) >= 11 is 0. The lowest BCUT2D eigenvalue weighted by Crippen LogP contribution is -2.55. The quantitative estimate of drug-likeness (QED) is 0.138. The molecule has 0 heterocycles. The number of hydrogen-bond donors (Lipinski definition) is 6. The molecule has 0 fully saturated rings. The summed E-state index contributed by atoms with van der Waals surface area (Å²) in [5.74, 6) is -3.46. The number of nitrogens with one attached hydrogen (secondary N) is 5. The Kier molecular flexibility index (Phi) is 13.8. The van der Waals surface area contributed by atoms with Crippen LogP contribution in [0.5, 0.6) is 0 Å². The smallest absolute Gasteiger partial charge is 0.242 e. The Morgan fingerprint density at radius 2 is 1.23 bits per heavy atom. The van der Waals surface area contributed by atoms with Crippen LogP contribution in [0.4, 0.5) is 0 Å². The van der Waals surface area contributed by atoms with Crippen molar-refractivity contribution in [2.75, 3.05) is 27.2 Å². The van der Waals surface area contributed by atoms with Crippen molar-refractivity contribution in [1.82, 2.24) is 31.5 Å². The zero-order valence-electron chi connectivity index (χ0n) is 24.9. The number of likely N-dealkylation sites (N-methyl/N-ethyl adjacent to an activating group) is 2. The molecule has 0 unspecified atom stereocenters. The monoisotopic (exact) mass is 595 g/mol. The average Bonchev–Trinajstić information content (AvgIpc) is 3.00. The molecule has 2 rings (SSSR count). The van der Waals surface area contributed by atoms with Crippen LogP contribution >= 0.6 is 0 Å². The van der Waals surface area contributed by atoms with Gasteiger partial charge in [-0.25, -0.2) is 0 Å². The number of nitrogens with two attached hydrogens (primary N) is 1. The van der Waals surface area contributed by atoms with Gasteiger partial charge in [-0.05, 0) is 38.4 Å². The van der Waals surface area contributed by atoms with Gasteiger partial charge in [0, 0.05) is 13.5 Å². The van der Waals surface area contributed by atoms with Gasteiger partial charge in [0.2, 0.25) is 35.4 Å². The van der Waals surface area contributed by atoms with Crippen molar-refractivity contribution in [2.24, 2.45) is 5.73 Å². The highest BCUT2D eigenvalue weighted by Crippen LogP contribution is 2.08. The third kappa shape index (κ3) is 11.6. The van der Waals surface area contributed by atoms with E-state index in [-0.39, 0.29) is 12.3 Å². The highest BCUT2D eigenvalue weighted by molar-refractivity contribution is 5.94. The molecule has 13 heteroatoms. The van der Waals surface area contributed by atoms with Crippen molar-refractivity contribution in [1.29, 1.82) is 0 Å². The van der Waals surface area contributed by atoms with Crippen molar-refractivity contribution in [2.45, 2.75) is 50.9 Å². The number of carbonyl (C=O) groups excluding carboxylic acids is 6. The molecule has 4 atom stereocenters. The summed E-state index contributed by atoms with van der Waals surface area (Å²) in [6.45, 7) is 2.07. The number of rotatable bonds is 16. The fraction of sp³-hybridized carbons (Fsp3) is 0.400. The summed E-state index contributed by atoms with van der Waals surface area (Å²) in [5.41, 5.74) is 7.27. The first kappa shape index (κ1) is 34.4. The van der Waals surface area contributed by atoms with Crippen molar-refractivity contribution in [3.05, 3.63) is 71.8 Å². The molecule has 7 N–H and O–H groups in total. The standard InChI is InChI=1S/C30H41N7O6/c1-19(35-29(42)20(2)36-30(43)23(32-3)15-21-11-7-5-8-12-21)28(41)34-17-25(38)33-18-26(39)37(4)24(27(31)40)16-22-13-9-6-10-14-22/h5-14,19-20,23-24,32H,15-18H2,1-4H3,(H2,31,40)(H,33,38)(H,34,41)(H,35,42)(H,36,43)/t19-,20-,23-,24-/m0/s1. The molecular weight excluding hydrogens is 554 g/mol. The normalized spacial score (nSPS) is 13.4. The number of nitrogens with zero attached hydrogens (tertiary/aromatic N) is 1. The first-order valence-corrected chi connectivity index (χ1v) is 13.9. The number of hydrogen-bond acceptors (Lipinski definition) is 7. The van der Waals surface area contributed by atoms with E-state index in [2.05, 4.69) is 26.6 Å². The van der Waals surface area contributed by atoms with Crippen molar-refractivity contribution < 1.29 is 28.8 Å². The lowest BCUT2D eigenvalue weighted by Gasteiger charge is -2.26. The average molecular weight is 596 g/mol. The summed E-state index contributed by atoms with van der Waals surface area (Å²) in [7, 11) is 3.07. The molecule has 2 aromatic rings. The molecule has 0 radical (unpaired) electrons. The zero-order chi connectivity index (χ0) is 31.9. The Morgan fingerprint density at radius 1 is 0.721 bits per heavy atom. The molecule has 0 saturated heterocycles. The third-order valence-corrected chi connectivity index (χ3v) is 6.77.